The number of amides is 3. The Balaban J connectivity index is 1.97. The van der Waals surface area contributed by atoms with Gasteiger partial charge in [0.1, 0.15) is 5.82 Å². The summed E-state index contributed by atoms with van der Waals surface area (Å²) in [5.74, 6) is -1.90. The molecule has 3 rings (SSSR count). The molecular weight excluding hydrogens is 535 g/mol. The summed E-state index contributed by atoms with van der Waals surface area (Å²) in [6, 6.07) is 13.2. The number of carbonyl (C=O) groups is 3. The highest BCUT2D eigenvalue weighted by atomic mass is 19.1. The summed E-state index contributed by atoms with van der Waals surface area (Å²) in [4.78, 5) is 41.9. The maximum absolute atomic E-state index is 14.2. The summed E-state index contributed by atoms with van der Waals surface area (Å²) in [6.45, 7) is 6.85. The van der Waals surface area contributed by atoms with Crippen LogP contribution >= 0.6 is 0 Å². The zero-order chi connectivity index (χ0) is 30.9. The first-order chi connectivity index (χ1) is 20.0. The van der Waals surface area contributed by atoms with Gasteiger partial charge < -0.3 is 26.8 Å². The van der Waals surface area contributed by atoms with Gasteiger partial charge in [0.15, 0.2) is 0 Å². The van der Waals surface area contributed by atoms with E-state index >= 15 is 0 Å². The van der Waals surface area contributed by atoms with Gasteiger partial charge in [0.05, 0.1) is 11.5 Å². The minimum atomic E-state index is -1.49. The number of halogens is 1. The van der Waals surface area contributed by atoms with Gasteiger partial charge in [0, 0.05) is 36.8 Å². The number of nitrogens with two attached hydrogens (primary N) is 2. The Morgan fingerprint density at radius 1 is 1.07 bits per heavy atom. The Bertz CT molecular complexity index is 1320. The topological polar surface area (TPSA) is 139 Å². The molecule has 2 aromatic rings. The molecule has 9 heteroatoms. The van der Waals surface area contributed by atoms with Gasteiger partial charge in [0.25, 0.3) is 0 Å². The molecule has 0 aromatic heterocycles. The van der Waals surface area contributed by atoms with Crippen molar-refractivity contribution in [1.82, 2.24) is 10.2 Å². The summed E-state index contributed by atoms with van der Waals surface area (Å²) in [5, 5.41) is 14.2. The first-order valence-corrected chi connectivity index (χ1v) is 14.5. The van der Waals surface area contributed by atoms with Gasteiger partial charge in [-0.1, -0.05) is 62.4 Å². The highest BCUT2D eigenvalue weighted by molar-refractivity contribution is 6.03. The Morgan fingerprint density at radius 2 is 1.74 bits per heavy atom. The van der Waals surface area contributed by atoms with Crippen LogP contribution in [0, 0.1) is 18.2 Å². The third kappa shape index (κ3) is 8.36. The zero-order valence-electron chi connectivity index (χ0n) is 24.7. The van der Waals surface area contributed by atoms with Crippen molar-refractivity contribution in [2.24, 2.45) is 16.9 Å². The number of nitrogens with one attached hydrogen (secondary N) is 1. The second-order valence-electron chi connectivity index (χ2n) is 11.1. The quantitative estimate of drug-likeness (QED) is 0.272. The molecule has 1 aliphatic rings. The monoisotopic (exact) mass is 578 g/mol. The van der Waals surface area contributed by atoms with Crippen LogP contribution in [0.25, 0.3) is 0 Å². The van der Waals surface area contributed by atoms with Gasteiger partial charge in [-0.3, -0.25) is 14.4 Å². The fourth-order valence-corrected chi connectivity index (χ4v) is 5.33. The highest BCUT2D eigenvalue weighted by Crippen LogP contribution is 2.40. The smallest absolute Gasteiger partial charge is 0.249 e. The molecule has 226 valence electrons. The molecule has 0 heterocycles. The normalized spacial score (nSPS) is 18.0. The number of hydrogen-bond acceptors (Lipinski definition) is 5. The van der Waals surface area contributed by atoms with Crippen LogP contribution in [0.1, 0.15) is 56.2 Å². The summed E-state index contributed by atoms with van der Waals surface area (Å²) < 4.78 is 14.2. The summed E-state index contributed by atoms with van der Waals surface area (Å²) in [5.41, 5.74) is 12.9. The van der Waals surface area contributed by atoms with Crippen molar-refractivity contribution >= 4 is 17.7 Å². The molecule has 0 spiro atoms. The molecule has 0 bridgehead atoms. The van der Waals surface area contributed by atoms with Crippen LogP contribution < -0.4 is 16.8 Å². The van der Waals surface area contributed by atoms with Crippen LogP contribution in [-0.2, 0) is 27.3 Å². The van der Waals surface area contributed by atoms with Crippen molar-refractivity contribution in [2.45, 2.75) is 71.6 Å². The molecule has 0 saturated heterocycles. The number of benzene rings is 2. The van der Waals surface area contributed by atoms with Crippen LogP contribution in [0.2, 0.25) is 0 Å². The number of nitrogens with zero attached hydrogens (tertiary/aromatic N) is 1. The Hall–Kier alpha value is -3.82. The van der Waals surface area contributed by atoms with E-state index in [1.807, 2.05) is 44.2 Å². The van der Waals surface area contributed by atoms with E-state index in [0.717, 1.165) is 18.4 Å². The molecular formula is C33H43FN4O4. The average Bonchev–Trinajstić information content (AvgIpc) is 2.97. The fourth-order valence-electron chi connectivity index (χ4n) is 5.33. The van der Waals surface area contributed by atoms with Gasteiger partial charge >= 0.3 is 0 Å². The molecule has 0 aliphatic heterocycles. The highest BCUT2D eigenvalue weighted by Gasteiger charge is 2.44. The van der Waals surface area contributed by atoms with Gasteiger partial charge in [-0.15, -0.1) is 0 Å². The van der Waals surface area contributed by atoms with E-state index in [-0.39, 0.29) is 48.7 Å². The number of hydrogen-bond donors (Lipinski definition) is 4. The second kappa shape index (κ2) is 14.9. The lowest BCUT2D eigenvalue weighted by atomic mass is 9.70. The lowest BCUT2D eigenvalue weighted by Crippen LogP contribution is -2.48. The molecule has 0 radical (unpaired) electrons. The van der Waals surface area contributed by atoms with Crippen molar-refractivity contribution in [3.8, 4) is 0 Å². The van der Waals surface area contributed by atoms with Crippen molar-refractivity contribution in [3.05, 3.63) is 94.3 Å². The Labute approximate surface area is 247 Å². The molecule has 3 atom stereocenters. The van der Waals surface area contributed by atoms with E-state index in [1.54, 1.807) is 24.0 Å². The van der Waals surface area contributed by atoms with Crippen LogP contribution in [0.3, 0.4) is 0 Å². The Morgan fingerprint density at radius 3 is 2.33 bits per heavy atom. The number of aliphatic hydroxyl groups excluding tert-OH is 1. The fraction of sp³-hybridized carbons (Fsp3) is 0.424. The van der Waals surface area contributed by atoms with Gasteiger partial charge in [-0.2, -0.15) is 0 Å². The zero-order valence-corrected chi connectivity index (χ0v) is 24.7. The predicted octanol–water partition coefficient (Wildman–Crippen LogP) is 3.45. The predicted molar refractivity (Wildman–Crippen MR) is 161 cm³/mol. The first kappa shape index (κ1) is 32.7. The molecule has 42 heavy (non-hydrogen) atoms. The van der Waals surface area contributed by atoms with E-state index in [1.165, 1.54) is 18.2 Å². The SMILES string of the molecule is CCCN(CCC)C(=O)C1=CC(C(N)=O)=CC(C[C@@H](O)[C@@H](N)Cc2ccc(C)c(F)c2)(C(=O)NCc2ccccc2)C1. The van der Waals surface area contributed by atoms with Gasteiger partial charge in [-0.05, 0) is 67.9 Å². The molecule has 1 unspecified atom stereocenters. The third-order valence-corrected chi connectivity index (χ3v) is 7.62. The standard InChI is InChI=1S/C33H43FN4O4/c1-4-13-38(14-5-2)31(41)26-17-25(30(36)40)18-33(19-26,32(42)37-21-23-9-7-6-8-10-23)20-29(39)28(35)16-24-12-11-22(3)27(34)15-24/h6-12,15,17-18,28-29,39H,4-5,13-14,16,19-21,35H2,1-3H3,(H2,36,40)(H,37,42)/t28-,29+,33?/m0/s1. The lowest BCUT2D eigenvalue weighted by Gasteiger charge is -2.37. The minimum Gasteiger partial charge on any atom is -0.391 e. The van der Waals surface area contributed by atoms with Crippen molar-refractivity contribution in [3.63, 3.8) is 0 Å². The number of aliphatic hydroxyl groups is 1. The third-order valence-electron chi connectivity index (χ3n) is 7.62. The van der Waals surface area contributed by atoms with E-state index in [9.17, 15) is 23.9 Å². The molecule has 6 N–H and O–H groups in total. The lowest BCUT2D eigenvalue weighted by molar-refractivity contribution is -0.131. The van der Waals surface area contributed by atoms with E-state index in [0.29, 0.717) is 24.2 Å². The van der Waals surface area contributed by atoms with Crippen molar-refractivity contribution < 1.29 is 23.9 Å². The minimum absolute atomic E-state index is 0.0220. The number of primary amides is 1. The van der Waals surface area contributed by atoms with E-state index < -0.39 is 29.4 Å². The molecule has 8 nitrogen and oxygen atoms in total. The van der Waals surface area contributed by atoms with Crippen LogP contribution in [-0.4, -0.2) is 53.0 Å². The molecule has 3 amide bonds. The summed E-state index contributed by atoms with van der Waals surface area (Å²) >= 11 is 0. The van der Waals surface area contributed by atoms with Gasteiger partial charge in [0.2, 0.25) is 17.7 Å². The first-order valence-electron chi connectivity index (χ1n) is 14.5. The molecule has 2 aromatic carbocycles. The summed E-state index contributed by atoms with van der Waals surface area (Å²) in [6.07, 6.45) is 3.11. The second-order valence-corrected chi connectivity index (χ2v) is 11.1. The maximum atomic E-state index is 14.2. The van der Waals surface area contributed by atoms with Crippen LogP contribution in [0.5, 0.6) is 0 Å². The van der Waals surface area contributed by atoms with Crippen LogP contribution in [0.4, 0.5) is 4.39 Å². The molecule has 0 saturated carbocycles. The molecule has 0 fully saturated rings. The number of aryl methyl sites for hydroxylation is 1. The van der Waals surface area contributed by atoms with Crippen molar-refractivity contribution in [1.29, 1.82) is 0 Å². The van der Waals surface area contributed by atoms with E-state index in [2.05, 4.69) is 5.32 Å². The number of carbonyl (C=O) groups excluding carboxylic acids is 3. The summed E-state index contributed by atoms with van der Waals surface area (Å²) in [7, 11) is 0. The molecule has 1 aliphatic carbocycles. The Kier molecular flexibility index (Phi) is 11.6. The van der Waals surface area contributed by atoms with Crippen LogP contribution in [0.15, 0.2) is 71.8 Å². The number of rotatable bonds is 14. The average molecular weight is 579 g/mol. The maximum Gasteiger partial charge on any atom is 0.249 e. The largest absolute Gasteiger partial charge is 0.391 e. The van der Waals surface area contributed by atoms with E-state index in [4.69, 9.17) is 11.5 Å². The van der Waals surface area contributed by atoms with Gasteiger partial charge in [-0.25, -0.2) is 4.39 Å². The van der Waals surface area contributed by atoms with Crippen molar-refractivity contribution in [2.75, 3.05) is 13.1 Å².